The van der Waals surface area contributed by atoms with Gasteiger partial charge < -0.3 is 46.7 Å². The van der Waals surface area contributed by atoms with Crippen LogP contribution in [0.2, 0.25) is 0 Å². The molecule has 0 rings (SSSR count). The Morgan fingerprint density at radius 2 is 0.455 bits per heavy atom. The van der Waals surface area contributed by atoms with Gasteiger partial charge in [0.05, 0.1) is 0 Å². The summed E-state index contributed by atoms with van der Waals surface area (Å²) in [6.45, 7) is 0. The standard InChI is InChI=1S/2Dy.3H2O3/c;;3*1-3-2/h;;3*1-2H/q2*+3;;;/p-6. The number of hydrogen-bond donors (Lipinski definition) is 0. The minimum Gasteiger partial charge on any atom is -0.734 e. The van der Waals surface area contributed by atoms with E-state index in [1.165, 1.54) is 0 Å². The zero-order valence-corrected chi connectivity index (χ0v) is 8.36. The van der Waals surface area contributed by atoms with Crippen molar-refractivity contribution in [3.63, 3.8) is 0 Å². The Balaban J connectivity index is -0.0000000150. The second kappa shape index (κ2) is 56.7. The first-order valence-electron chi connectivity index (χ1n) is 1.00. The van der Waals surface area contributed by atoms with E-state index in [1.54, 1.807) is 15.1 Å². The molecule has 11 heteroatoms. The van der Waals surface area contributed by atoms with Gasteiger partial charge in [0.15, 0.2) is 0 Å². The molecule has 0 saturated heterocycles. The van der Waals surface area contributed by atoms with Gasteiger partial charge in [-0.2, -0.15) is 0 Å². The Hall–Kier alpha value is 2.19. The molecule has 0 spiro atoms. The van der Waals surface area contributed by atoms with Gasteiger partial charge in [0.2, 0.25) is 0 Å². The van der Waals surface area contributed by atoms with Gasteiger partial charge >= 0.3 is 76.3 Å². The normalized spacial score (nSPS) is 4.91. The van der Waals surface area contributed by atoms with E-state index in [9.17, 15) is 0 Å². The molecule has 0 aromatic carbocycles. The molecule has 0 bridgehead atoms. The van der Waals surface area contributed by atoms with Crippen LogP contribution in [0.3, 0.4) is 0 Å². The Morgan fingerprint density at radius 1 is 0.455 bits per heavy atom. The molecule has 0 aromatic rings. The van der Waals surface area contributed by atoms with E-state index in [1.807, 2.05) is 0 Å². The summed E-state index contributed by atoms with van der Waals surface area (Å²) in [4.78, 5) is 0. The Kier molecular flexibility index (Phi) is 151. The zero-order chi connectivity index (χ0) is 8.12. The second-order valence-corrected chi connectivity index (χ2v) is 0.204. The molecule has 0 unspecified atom stereocenters. The van der Waals surface area contributed by atoms with Crippen LogP contribution in [-0.4, -0.2) is 0 Å². The van der Waals surface area contributed by atoms with E-state index in [0.717, 1.165) is 0 Å². The van der Waals surface area contributed by atoms with Crippen LogP contribution in [0.25, 0.3) is 0 Å². The van der Waals surface area contributed by atoms with Crippen LogP contribution in [0.4, 0.5) is 0 Å². The molecule has 0 aliphatic heterocycles. The molecule has 74 valence electrons. The summed E-state index contributed by atoms with van der Waals surface area (Å²) in [6, 6.07) is 0. The molecule has 0 aromatic heterocycles. The van der Waals surface area contributed by atoms with E-state index in [2.05, 4.69) is 0 Å². The topological polar surface area (TPSA) is 166 Å². The third-order valence-corrected chi connectivity index (χ3v) is 0. The minimum absolute atomic E-state index is 0. The summed E-state index contributed by atoms with van der Waals surface area (Å²) in [7, 11) is 0. The molecule has 2 radical (unpaired) electrons. The van der Waals surface area contributed by atoms with Gasteiger partial charge in [0.1, 0.15) is 0 Å². The van der Waals surface area contributed by atoms with E-state index < -0.39 is 0 Å². The molecule has 11 heavy (non-hydrogen) atoms. The first-order valence-corrected chi connectivity index (χ1v) is 1.00. The van der Waals surface area contributed by atoms with Crippen molar-refractivity contribution >= 4 is 0 Å². The van der Waals surface area contributed by atoms with Gasteiger partial charge in [-0.3, -0.25) is 0 Å². The fourth-order valence-corrected chi connectivity index (χ4v) is 0. The predicted molar refractivity (Wildman–Crippen MR) is 3.25 cm³/mol. The number of rotatable bonds is 0. The third-order valence-electron chi connectivity index (χ3n) is 0. The van der Waals surface area contributed by atoms with Crippen LogP contribution in [0.5, 0.6) is 0 Å². The number of hydrogen-bond acceptors (Lipinski definition) is 9. The van der Waals surface area contributed by atoms with Crippen LogP contribution in [-0.2, 0) is 15.1 Å². The maximum Gasteiger partial charge on any atom is 3.00 e. The maximum atomic E-state index is 7.88. The van der Waals surface area contributed by atoms with Gasteiger partial charge in [-0.1, -0.05) is 0 Å². The van der Waals surface area contributed by atoms with E-state index >= 15 is 0 Å². The fraction of sp³-hybridized carbons (Fsp3) is 0. The molecular formula is Dy2O9. The molecule has 0 aliphatic carbocycles. The Labute approximate surface area is 121 Å². The van der Waals surface area contributed by atoms with Crippen LogP contribution >= 0.6 is 0 Å². The molecule has 0 heterocycles. The first-order chi connectivity index (χ1) is 4.24. The van der Waals surface area contributed by atoms with Crippen molar-refractivity contribution in [3.05, 3.63) is 0 Å². The van der Waals surface area contributed by atoms with Crippen LogP contribution in [0.1, 0.15) is 0 Å². The van der Waals surface area contributed by atoms with Gasteiger partial charge in [0.25, 0.3) is 0 Å². The molecule has 0 amide bonds. The minimum atomic E-state index is 0. The van der Waals surface area contributed by atoms with Crippen molar-refractivity contribution in [2.45, 2.75) is 0 Å². The van der Waals surface area contributed by atoms with E-state index in [4.69, 9.17) is 31.5 Å². The Morgan fingerprint density at radius 3 is 0.455 bits per heavy atom. The molecular weight excluding hydrogens is 469 g/mol. The van der Waals surface area contributed by atoms with Crippen molar-refractivity contribution in [1.29, 1.82) is 0 Å². The van der Waals surface area contributed by atoms with Crippen molar-refractivity contribution in [2.24, 2.45) is 0 Å². The van der Waals surface area contributed by atoms with Crippen LogP contribution < -0.4 is 31.5 Å². The van der Waals surface area contributed by atoms with Gasteiger partial charge in [-0.25, -0.2) is 0 Å². The summed E-state index contributed by atoms with van der Waals surface area (Å²) >= 11 is 0. The molecule has 0 N–H and O–H groups in total. The van der Waals surface area contributed by atoms with Crippen LogP contribution in [0.15, 0.2) is 0 Å². The summed E-state index contributed by atoms with van der Waals surface area (Å²) in [5, 5.41) is 52.5. The predicted octanol–water partition coefficient (Wildman–Crippen LogP) is -7.34. The monoisotopic (exact) mass is 472 g/mol. The summed E-state index contributed by atoms with van der Waals surface area (Å²) in [5.74, 6) is 0. The molecule has 9 nitrogen and oxygen atoms in total. The SMILES string of the molecule is [Dy+3].[Dy+3].[O-]O[O-].[O-]O[O-].[O-]O[O-]. The maximum absolute atomic E-state index is 7.88. The average molecular weight is 469 g/mol. The van der Waals surface area contributed by atoms with Crippen molar-refractivity contribution in [2.75, 3.05) is 0 Å². The molecule has 0 aliphatic rings. The van der Waals surface area contributed by atoms with E-state index in [0.29, 0.717) is 0 Å². The van der Waals surface area contributed by atoms with Gasteiger partial charge in [0, 0.05) is 0 Å². The van der Waals surface area contributed by atoms with Gasteiger partial charge in [-0.05, 0) is 0 Å². The summed E-state index contributed by atoms with van der Waals surface area (Å²) < 4.78 is 0. The van der Waals surface area contributed by atoms with Gasteiger partial charge in [-0.15, -0.1) is 0 Å². The third kappa shape index (κ3) is 265. The summed E-state index contributed by atoms with van der Waals surface area (Å²) in [6.07, 6.45) is 0. The molecule has 0 atom stereocenters. The summed E-state index contributed by atoms with van der Waals surface area (Å²) in [5.41, 5.74) is 0. The average Bonchev–Trinajstić information content (AvgIpc) is 1.70. The van der Waals surface area contributed by atoms with Crippen molar-refractivity contribution in [1.82, 2.24) is 0 Å². The largest absolute Gasteiger partial charge is 3.00 e. The Bertz CT molecular complexity index is 12.3. The van der Waals surface area contributed by atoms with Crippen molar-refractivity contribution < 1.29 is 123 Å². The van der Waals surface area contributed by atoms with Crippen molar-refractivity contribution in [3.8, 4) is 0 Å². The molecule has 0 fully saturated rings. The van der Waals surface area contributed by atoms with Crippen LogP contribution in [0, 0.1) is 76.3 Å². The first kappa shape index (κ1) is 29.2. The van der Waals surface area contributed by atoms with E-state index in [-0.39, 0.29) is 76.3 Å². The smallest absolute Gasteiger partial charge is 0.734 e. The fourth-order valence-electron chi connectivity index (χ4n) is 0. The quantitative estimate of drug-likeness (QED) is 0.248. The zero-order valence-electron chi connectivity index (χ0n) is 4.31. The second-order valence-electron chi connectivity index (χ2n) is 0.204. The molecule has 0 saturated carbocycles.